The number of carbonyl (C=O) groups excluding carboxylic acids is 3. The zero-order chi connectivity index (χ0) is 32.7. The van der Waals surface area contributed by atoms with Crippen LogP contribution in [-0.4, -0.2) is 31.8 Å². The van der Waals surface area contributed by atoms with Gasteiger partial charge in [0.15, 0.2) is 0 Å². The first-order valence-electron chi connectivity index (χ1n) is 15.0. The molecule has 0 aromatic heterocycles. The van der Waals surface area contributed by atoms with E-state index < -0.39 is 11.4 Å². The van der Waals surface area contributed by atoms with Crippen LogP contribution < -0.4 is 18.9 Å². The minimum atomic E-state index is -0.559. The van der Waals surface area contributed by atoms with E-state index in [0.29, 0.717) is 30.1 Å². The standard InChI is InChI=1S/C38H36O8/c1-5-35(39)44-24-43-28-14-8-26(9-15-28)11-21-37(41)46-30-17-19-32-31-18-16-29(22-33(31)38(2,3)34(32)23-30)45-36(40)20-10-25-6-12-27(42-4)13-7-25/h5-9,12-19,22-23H,1,10-11,20-21,24H2,2-4H3. The lowest BCUT2D eigenvalue weighted by Gasteiger charge is -2.22. The van der Waals surface area contributed by atoms with Gasteiger partial charge in [-0.1, -0.05) is 56.8 Å². The summed E-state index contributed by atoms with van der Waals surface area (Å²) in [5.41, 5.74) is 5.76. The minimum Gasteiger partial charge on any atom is -0.497 e. The molecular formula is C38H36O8. The molecule has 0 saturated heterocycles. The van der Waals surface area contributed by atoms with Crippen LogP contribution in [0.5, 0.6) is 23.0 Å². The maximum absolute atomic E-state index is 12.7. The molecule has 8 heteroatoms. The summed E-state index contributed by atoms with van der Waals surface area (Å²) in [6.45, 7) is 7.34. The quantitative estimate of drug-likeness (QED) is 0.0673. The van der Waals surface area contributed by atoms with Crippen molar-refractivity contribution in [1.82, 2.24) is 0 Å². The Kier molecular flexibility index (Phi) is 9.86. The lowest BCUT2D eigenvalue weighted by Crippen LogP contribution is -2.16. The molecule has 0 saturated carbocycles. The van der Waals surface area contributed by atoms with Gasteiger partial charge in [-0.15, -0.1) is 0 Å². The molecule has 0 bridgehead atoms. The monoisotopic (exact) mass is 620 g/mol. The fourth-order valence-corrected chi connectivity index (χ4v) is 5.44. The number of ether oxygens (including phenoxy) is 5. The highest BCUT2D eigenvalue weighted by molar-refractivity contribution is 5.83. The van der Waals surface area contributed by atoms with Crippen LogP contribution in [0.2, 0.25) is 0 Å². The highest BCUT2D eigenvalue weighted by Gasteiger charge is 2.36. The first-order chi connectivity index (χ1) is 22.2. The first-order valence-corrected chi connectivity index (χ1v) is 15.0. The summed E-state index contributed by atoms with van der Waals surface area (Å²) >= 11 is 0. The van der Waals surface area contributed by atoms with Gasteiger partial charge in [-0.25, -0.2) is 4.79 Å². The number of esters is 3. The third kappa shape index (κ3) is 7.64. The molecule has 0 heterocycles. The van der Waals surface area contributed by atoms with Gasteiger partial charge in [-0.05, 0) is 94.8 Å². The summed E-state index contributed by atoms with van der Waals surface area (Å²) in [6, 6.07) is 26.2. The molecule has 1 aliphatic rings. The number of hydrogen-bond acceptors (Lipinski definition) is 8. The number of rotatable bonds is 13. The molecule has 0 radical (unpaired) electrons. The number of fused-ring (bicyclic) bond motifs is 3. The number of aryl methyl sites for hydroxylation is 2. The van der Waals surface area contributed by atoms with Gasteiger partial charge in [-0.2, -0.15) is 0 Å². The second-order valence-corrected chi connectivity index (χ2v) is 11.4. The van der Waals surface area contributed by atoms with Gasteiger partial charge >= 0.3 is 17.9 Å². The van der Waals surface area contributed by atoms with E-state index in [1.165, 1.54) is 0 Å². The van der Waals surface area contributed by atoms with E-state index >= 15 is 0 Å². The number of carbonyl (C=O) groups is 3. The fraction of sp³-hybridized carbons (Fsp3) is 0.237. The Morgan fingerprint density at radius 2 is 1.13 bits per heavy atom. The second-order valence-electron chi connectivity index (χ2n) is 11.4. The Morgan fingerprint density at radius 1 is 0.674 bits per heavy atom. The average Bonchev–Trinajstić information content (AvgIpc) is 3.28. The predicted molar refractivity (Wildman–Crippen MR) is 173 cm³/mol. The summed E-state index contributed by atoms with van der Waals surface area (Å²) in [6.07, 6.45) is 2.59. The van der Waals surface area contributed by atoms with Crippen LogP contribution in [0.1, 0.15) is 48.9 Å². The maximum Gasteiger partial charge on any atom is 0.333 e. The summed E-state index contributed by atoms with van der Waals surface area (Å²) in [4.78, 5) is 36.5. The van der Waals surface area contributed by atoms with E-state index in [1.54, 1.807) is 25.3 Å². The smallest absolute Gasteiger partial charge is 0.333 e. The normalized spacial score (nSPS) is 12.3. The molecule has 5 rings (SSSR count). The summed E-state index contributed by atoms with van der Waals surface area (Å²) in [7, 11) is 1.62. The molecule has 0 amide bonds. The lowest BCUT2D eigenvalue weighted by atomic mass is 9.82. The molecule has 0 unspecified atom stereocenters. The molecule has 46 heavy (non-hydrogen) atoms. The molecule has 0 fully saturated rings. The van der Waals surface area contributed by atoms with Gasteiger partial charge in [0.1, 0.15) is 23.0 Å². The molecule has 0 spiro atoms. The minimum absolute atomic E-state index is 0.199. The van der Waals surface area contributed by atoms with Crippen LogP contribution in [0.25, 0.3) is 11.1 Å². The van der Waals surface area contributed by atoms with Gasteiger partial charge in [0.25, 0.3) is 0 Å². The zero-order valence-electron chi connectivity index (χ0n) is 26.2. The Balaban J connectivity index is 1.15. The van der Waals surface area contributed by atoms with Crippen molar-refractivity contribution in [3.8, 4) is 34.1 Å². The SMILES string of the molecule is C=CC(=O)OCOc1ccc(CCC(=O)Oc2ccc3c(c2)C(C)(C)c2cc(OC(=O)CCc4ccc(OC)cc4)ccc2-3)cc1. The van der Waals surface area contributed by atoms with Crippen molar-refractivity contribution in [3.63, 3.8) is 0 Å². The van der Waals surface area contributed by atoms with Crippen LogP contribution in [0.15, 0.2) is 97.6 Å². The van der Waals surface area contributed by atoms with Gasteiger partial charge in [-0.3, -0.25) is 9.59 Å². The van der Waals surface area contributed by atoms with Crippen molar-refractivity contribution in [3.05, 3.63) is 120 Å². The van der Waals surface area contributed by atoms with E-state index in [4.69, 9.17) is 23.7 Å². The molecule has 0 aliphatic heterocycles. The number of methoxy groups -OCH3 is 1. The third-order valence-corrected chi connectivity index (χ3v) is 7.99. The second kappa shape index (κ2) is 14.2. The third-order valence-electron chi connectivity index (χ3n) is 7.99. The Labute approximate surface area is 268 Å². The first kappa shape index (κ1) is 32.0. The molecular weight excluding hydrogens is 584 g/mol. The van der Waals surface area contributed by atoms with E-state index in [2.05, 4.69) is 20.4 Å². The van der Waals surface area contributed by atoms with Crippen LogP contribution >= 0.6 is 0 Å². The van der Waals surface area contributed by atoms with E-state index in [-0.39, 0.29) is 31.6 Å². The van der Waals surface area contributed by atoms with Crippen molar-refractivity contribution in [2.24, 2.45) is 0 Å². The van der Waals surface area contributed by atoms with E-state index in [0.717, 1.165) is 45.2 Å². The zero-order valence-corrected chi connectivity index (χ0v) is 26.2. The summed E-state index contributed by atoms with van der Waals surface area (Å²) in [5.74, 6) is 1.10. The molecule has 4 aromatic carbocycles. The van der Waals surface area contributed by atoms with Crippen molar-refractivity contribution < 1.29 is 38.1 Å². The predicted octanol–water partition coefficient (Wildman–Crippen LogP) is 7.14. The number of hydrogen-bond donors (Lipinski definition) is 0. The highest BCUT2D eigenvalue weighted by Crippen LogP contribution is 2.50. The lowest BCUT2D eigenvalue weighted by molar-refractivity contribution is -0.144. The molecule has 0 N–H and O–H groups in total. The Bertz CT molecular complexity index is 1740. The summed E-state index contributed by atoms with van der Waals surface area (Å²) < 4.78 is 26.8. The Hall–Kier alpha value is -5.37. The van der Waals surface area contributed by atoms with Crippen molar-refractivity contribution in [1.29, 1.82) is 0 Å². The van der Waals surface area contributed by atoms with E-state index in [9.17, 15) is 14.4 Å². The van der Waals surface area contributed by atoms with Crippen LogP contribution in [-0.2, 0) is 37.4 Å². The Morgan fingerprint density at radius 3 is 1.59 bits per heavy atom. The van der Waals surface area contributed by atoms with Gasteiger partial charge in [0, 0.05) is 24.3 Å². The van der Waals surface area contributed by atoms with Gasteiger partial charge < -0.3 is 23.7 Å². The topological polar surface area (TPSA) is 97.4 Å². The largest absolute Gasteiger partial charge is 0.497 e. The van der Waals surface area contributed by atoms with Crippen LogP contribution in [0, 0.1) is 0 Å². The van der Waals surface area contributed by atoms with Gasteiger partial charge in [0.2, 0.25) is 6.79 Å². The van der Waals surface area contributed by atoms with Crippen molar-refractivity contribution >= 4 is 17.9 Å². The maximum atomic E-state index is 12.7. The molecule has 0 atom stereocenters. The van der Waals surface area contributed by atoms with Crippen molar-refractivity contribution in [2.45, 2.75) is 44.9 Å². The van der Waals surface area contributed by atoms with E-state index in [1.807, 2.05) is 66.7 Å². The fourth-order valence-electron chi connectivity index (χ4n) is 5.44. The van der Waals surface area contributed by atoms with Gasteiger partial charge in [0.05, 0.1) is 7.11 Å². The van der Waals surface area contributed by atoms with Crippen LogP contribution in [0.3, 0.4) is 0 Å². The molecule has 236 valence electrons. The van der Waals surface area contributed by atoms with Crippen molar-refractivity contribution in [2.75, 3.05) is 13.9 Å². The summed E-state index contributed by atoms with van der Waals surface area (Å²) in [5, 5.41) is 0. The number of benzene rings is 4. The molecule has 1 aliphatic carbocycles. The molecule has 4 aromatic rings. The average molecular weight is 621 g/mol. The molecule has 8 nitrogen and oxygen atoms in total. The van der Waals surface area contributed by atoms with Crippen LogP contribution in [0.4, 0.5) is 0 Å². The highest BCUT2D eigenvalue weighted by atomic mass is 16.7.